The van der Waals surface area contributed by atoms with Crippen molar-refractivity contribution in [3.05, 3.63) is 0 Å². The molecule has 0 heterocycles. The van der Waals surface area contributed by atoms with Crippen molar-refractivity contribution in [3.8, 4) is 0 Å². The van der Waals surface area contributed by atoms with E-state index in [-0.39, 0.29) is 6.09 Å². The number of alkyl carbamates (subject to hydrolysis) is 1. The molecule has 1 amide bonds. The number of carbonyl (C=O) groups excluding carboxylic acids is 1. The minimum atomic E-state index is -0.416. The van der Waals surface area contributed by atoms with Crippen molar-refractivity contribution in [2.75, 3.05) is 19.6 Å². The van der Waals surface area contributed by atoms with Crippen LogP contribution in [0.2, 0.25) is 0 Å². The van der Waals surface area contributed by atoms with Crippen molar-refractivity contribution in [1.29, 1.82) is 0 Å². The fourth-order valence-electron chi connectivity index (χ4n) is 2.60. The summed E-state index contributed by atoms with van der Waals surface area (Å²) in [6, 6.07) is 0. The van der Waals surface area contributed by atoms with E-state index in [9.17, 15) is 4.79 Å². The minimum absolute atomic E-state index is 0.324. The molecular formula is C15H28N2O2. The lowest BCUT2D eigenvalue weighted by molar-refractivity contribution is 0.0528. The summed E-state index contributed by atoms with van der Waals surface area (Å²) < 4.78 is 5.18. The van der Waals surface area contributed by atoms with Crippen molar-refractivity contribution in [1.82, 2.24) is 10.6 Å². The van der Waals surface area contributed by atoms with E-state index in [1.165, 1.54) is 25.7 Å². The van der Waals surface area contributed by atoms with E-state index >= 15 is 0 Å². The summed E-state index contributed by atoms with van der Waals surface area (Å²) in [5.74, 6) is 2.86. The molecule has 2 fully saturated rings. The predicted octanol–water partition coefficient (Wildman–Crippen LogP) is 2.54. The Labute approximate surface area is 116 Å². The highest BCUT2D eigenvalue weighted by Crippen LogP contribution is 2.48. The normalized spacial score (nSPS) is 19.6. The molecule has 0 radical (unpaired) electrons. The smallest absolute Gasteiger partial charge is 0.407 e. The number of nitrogens with one attached hydrogen (secondary N) is 2. The molecule has 2 saturated carbocycles. The van der Waals surface area contributed by atoms with Gasteiger partial charge in [-0.05, 0) is 70.8 Å². The van der Waals surface area contributed by atoms with Gasteiger partial charge in [-0.15, -0.1) is 0 Å². The van der Waals surface area contributed by atoms with E-state index in [0.29, 0.717) is 6.54 Å². The van der Waals surface area contributed by atoms with Crippen LogP contribution in [-0.4, -0.2) is 31.3 Å². The van der Waals surface area contributed by atoms with E-state index in [2.05, 4.69) is 10.6 Å². The average molecular weight is 268 g/mol. The lowest BCUT2D eigenvalue weighted by Crippen LogP contribution is -2.37. The molecule has 0 unspecified atom stereocenters. The van der Waals surface area contributed by atoms with Gasteiger partial charge in [-0.2, -0.15) is 0 Å². The van der Waals surface area contributed by atoms with Crippen LogP contribution in [0, 0.1) is 17.8 Å². The zero-order valence-corrected chi connectivity index (χ0v) is 12.5. The molecule has 2 aliphatic carbocycles. The van der Waals surface area contributed by atoms with Crippen LogP contribution in [0.15, 0.2) is 0 Å². The van der Waals surface area contributed by atoms with Crippen LogP contribution in [0.3, 0.4) is 0 Å². The van der Waals surface area contributed by atoms with Gasteiger partial charge in [0.1, 0.15) is 5.60 Å². The summed E-state index contributed by atoms with van der Waals surface area (Å²) in [5.41, 5.74) is -0.416. The molecule has 0 saturated heterocycles. The topological polar surface area (TPSA) is 50.4 Å². The predicted molar refractivity (Wildman–Crippen MR) is 76.0 cm³/mol. The fourth-order valence-corrected chi connectivity index (χ4v) is 2.60. The van der Waals surface area contributed by atoms with Crippen molar-refractivity contribution in [2.45, 2.75) is 52.1 Å². The molecule has 0 aromatic carbocycles. The van der Waals surface area contributed by atoms with Gasteiger partial charge in [-0.3, -0.25) is 0 Å². The first-order chi connectivity index (χ1) is 8.96. The van der Waals surface area contributed by atoms with Crippen molar-refractivity contribution < 1.29 is 9.53 Å². The summed E-state index contributed by atoms with van der Waals surface area (Å²) in [7, 11) is 0. The second-order valence-corrected chi connectivity index (χ2v) is 6.97. The van der Waals surface area contributed by atoms with Gasteiger partial charge in [0, 0.05) is 13.1 Å². The molecule has 0 atom stereocenters. The van der Waals surface area contributed by atoms with Crippen LogP contribution >= 0.6 is 0 Å². The van der Waals surface area contributed by atoms with Gasteiger partial charge in [0.15, 0.2) is 0 Å². The van der Waals surface area contributed by atoms with Crippen molar-refractivity contribution in [2.24, 2.45) is 17.8 Å². The standard InChI is InChI=1S/C15H28N2O2/c1-15(2,3)19-14(18)17-9-8-16-10-13(11-4-5-11)12-6-7-12/h11-13,16H,4-10H2,1-3H3,(H,17,18). The van der Waals surface area contributed by atoms with E-state index in [1.807, 2.05) is 20.8 Å². The number of amides is 1. The third-order valence-corrected chi connectivity index (χ3v) is 3.81. The number of carbonyl (C=O) groups is 1. The van der Waals surface area contributed by atoms with Crippen LogP contribution in [0.1, 0.15) is 46.5 Å². The monoisotopic (exact) mass is 268 g/mol. The zero-order chi connectivity index (χ0) is 13.9. The Kier molecular flexibility index (Phi) is 4.71. The SMILES string of the molecule is CC(C)(C)OC(=O)NCCNCC(C1CC1)C1CC1. The number of rotatable bonds is 7. The van der Waals surface area contributed by atoms with Crippen LogP contribution < -0.4 is 10.6 Å². The largest absolute Gasteiger partial charge is 0.444 e. The summed E-state index contributed by atoms with van der Waals surface area (Å²) in [6.07, 6.45) is 5.39. The van der Waals surface area contributed by atoms with Gasteiger partial charge in [0.25, 0.3) is 0 Å². The van der Waals surface area contributed by atoms with Crippen LogP contribution in [0.25, 0.3) is 0 Å². The third kappa shape index (κ3) is 5.81. The highest BCUT2D eigenvalue weighted by Gasteiger charge is 2.40. The molecule has 0 aliphatic heterocycles. The number of ether oxygens (including phenoxy) is 1. The second-order valence-electron chi connectivity index (χ2n) is 6.97. The molecule has 4 heteroatoms. The van der Waals surface area contributed by atoms with Gasteiger partial charge >= 0.3 is 6.09 Å². The van der Waals surface area contributed by atoms with E-state index in [4.69, 9.17) is 4.74 Å². The van der Waals surface area contributed by atoms with Crippen molar-refractivity contribution in [3.63, 3.8) is 0 Å². The Bertz CT molecular complexity index is 292. The highest BCUT2D eigenvalue weighted by molar-refractivity contribution is 5.67. The van der Waals surface area contributed by atoms with Crippen LogP contribution in [0.4, 0.5) is 4.79 Å². The molecular weight excluding hydrogens is 240 g/mol. The summed E-state index contributed by atoms with van der Waals surface area (Å²) >= 11 is 0. The maximum Gasteiger partial charge on any atom is 0.407 e. The van der Waals surface area contributed by atoms with Gasteiger partial charge in [0.2, 0.25) is 0 Å². The molecule has 2 aliphatic rings. The molecule has 19 heavy (non-hydrogen) atoms. The van der Waals surface area contributed by atoms with Gasteiger partial charge < -0.3 is 15.4 Å². The maximum absolute atomic E-state index is 11.4. The van der Waals surface area contributed by atoms with E-state index < -0.39 is 5.60 Å². The number of hydrogen-bond donors (Lipinski definition) is 2. The Morgan fingerprint density at radius 1 is 1.16 bits per heavy atom. The van der Waals surface area contributed by atoms with Crippen LogP contribution in [-0.2, 0) is 4.74 Å². The van der Waals surface area contributed by atoms with Gasteiger partial charge in [-0.1, -0.05) is 0 Å². The molecule has 4 nitrogen and oxygen atoms in total. The zero-order valence-electron chi connectivity index (χ0n) is 12.5. The first-order valence-electron chi connectivity index (χ1n) is 7.63. The molecule has 0 spiro atoms. The molecule has 110 valence electrons. The Hall–Kier alpha value is -0.770. The molecule has 0 bridgehead atoms. The second kappa shape index (κ2) is 6.12. The minimum Gasteiger partial charge on any atom is -0.444 e. The van der Waals surface area contributed by atoms with Gasteiger partial charge in [-0.25, -0.2) is 4.79 Å². The van der Waals surface area contributed by atoms with Crippen LogP contribution in [0.5, 0.6) is 0 Å². The summed E-state index contributed by atoms with van der Waals surface area (Å²) in [5, 5.41) is 6.26. The Morgan fingerprint density at radius 2 is 1.74 bits per heavy atom. The first kappa shape index (κ1) is 14.6. The lowest BCUT2D eigenvalue weighted by Gasteiger charge is -2.20. The highest BCUT2D eigenvalue weighted by atomic mass is 16.6. The maximum atomic E-state index is 11.4. The quantitative estimate of drug-likeness (QED) is 0.698. The number of hydrogen-bond acceptors (Lipinski definition) is 3. The lowest BCUT2D eigenvalue weighted by atomic mass is 9.98. The molecule has 0 aromatic rings. The Morgan fingerprint density at radius 3 is 2.21 bits per heavy atom. The van der Waals surface area contributed by atoms with Gasteiger partial charge in [0.05, 0.1) is 0 Å². The average Bonchev–Trinajstić information content (AvgIpc) is 3.12. The van der Waals surface area contributed by atoms with E-state index in [1.54, 1.807) is 0 Å². The summed E-state index contributed by atoms with van der Waals surface area (Å²) in [4.78, 5) is 11.4. The molecule has 2 N–H and O–H groups in total. The van der Waals surface area contributed by atoms with Crippen molar-refractivity contribution >= 4 is 6.09 Å². The Balaban J connectivity index is 1.50. The third-order valence-electron chi connectivity index (χ3n) is 3.81. The molecule has 0 aromatic heterocycles. The fraction of sp³-hybridized carbons (Fsp3) is 0.933. The summed E-state index contributed by atoms with van der Waals surface area (Å²) in [6.45, 7) is 8.21. The molecule has 2 rings (SSSR count). The van der Waals surface area contributed by atoms with E-state index in [0.717, 1.165) is 30.8 Å². The first-order valence-corrected chi connectivity index (χ1v) is 7.63.